The first-order chi connectivity index (χ1) is 10.7. The molecule has 0 aromatic carbocycles. The van der Waals surface area contributed by atoms with Crippen molar-refractivity contribution in [1.29, 1.82) is 0 Å². The van der Waals surface area contributed by atoms with E-state index in [4.69, 9.17) is 4.74 Å². The Labute approximate surface area is 141 Å². The van der Waals surface area contributed by atoms with Crippen molar-refractivity contribution in [1.82, 2.24) is 15.5 Å². The molecule has 0 aliphatic heterocycles. The third kappa shape index (κ3) is 12.3. The second-order valence-electron chi connectivity index (χ2n) is 6.09. The third-order valence-electron chi connectivity index (χ3n) is 3.35. The lowest BCUT2D eigenvalue weighted by molar-refractivity contribution is 0.153. The fourth-order valence-corrected chi connectivity index (χ4v) is 2.61. The maximum absolute atomic E-state index is 11.0. The minimum absolute atomic E-state index is 0.0558. The van der Waals surface area contributed by atoms with Crippen molar-refractivity contribution < 1.29 is 13.2 Å². The van der Waals surface area contributed by atoms with Gasteiger partial charge in [-0.25, -0.2) is 8.42 Å². The van der Waals surface area contributed by atoms with Gasteiger partial charge in [0.05, 0.1) is 19.0 Å². The fraction of sp³-hybridized carbons (Fsp3) is 0.933. The molecular formula is C15H34N4O3S. The molecule has 0 atom stereocenters. The number of rotatable bonds is 11. The summed E-state index contributed by atoms with van der Waals surface area (Å²) in [5, 5.41) is 6.42. The van der Waals surface area contributed by atoms with E-state index in [0.717, 1.165) is 19.0 Å². The smallest absolute Gasteiger partial charge is 0.191 e. The summed E-state index contributed by atoms with van der Waals surface area (Å²) in [4.78, 5) is 6.57. The van der Waals surface area contributed by atoms with E-state index in [1.165, 1.54) is 6.26 Å². The summed E-state index contributed by atoms with van der Waals surface area (Å²) in [6.45, 7) is 11.8. The molecule has 0 heterocycles. The van der Waals surface area contributed by atoms with Gasteiger partial charge in [0, 0.05) is 45.0 Å². The molecule has 0 spiro atoms. The van der Waals surface area contributed by atoms with E-state index >= 15 is 0 Å². The van der Waals surface area contributed by atoms with Gasteiger partial charge in [-0.2, -0.15) is 0 Å². The summed E-state index contributed by atoms with van der Waals surface area (Å²) in [6, 6.07) is 1.02. The molecular weight excluding hydrogens is 316 g/mol. The Morgan fingerprint density at radius 2 is 1.65 bits per heavy atom. The predicted octanol–water partition coefficient (Wildman–Crippen LogP) is 0.331. The molecule has 0 aromatic rings. The summed E-state index contributed by atoms with van der Waals surface area (Å²) >= 11 is 0. The van der Waals surface area contributed by atoms with Crippen LogP contribution in [0.5, 0.6) is 0 Å². The van der Waals surface area contributed by atoms with Crippen LogP contribution in [0.25, 0.3) is 0 Å². The molecule has 0 saturated carbocycles. The molecule has 8 heteroatoms. The van der Waals surface area contributed by atoms with Gasteiger partial charge >= 0.3 is 0 Å². The van der Waals surface area contributed by atoms with E-state index < -0.39 is 9.84 Å². The Hall–Kier alpha value is -0.860. The molecule has 0 aliphatic carbocycles. The van der Waals surface area contributed by atoms with Crippen LogP contribution in [-0.4, -0.2) is 83.3 Å². The van der Waals surface area contributed by atoms with E-state index in [1.54, 1.807) is 7.05 Å². The van der Waals surface area contributed by atoms with Crippen molar-refractivity contribution in [2.24, 2.45) is 4.99 Å². The van der Waals surface area contributed by atoms with Crippen molar-refractivity contribution in [3.63, 3.8) is 0 Å². The molecule has 0 aliphatic rings. The van der Waals surface area contributed by atoms with E-state index in [1.807, 2.05) is 0 Å². The highest BCUT2D eigenvalue weighted by Crippen LogP contribution is 2.03. The second kappa shape index (κ2) is 11.6. The minimum atomic E-state index is -2.95. The molecule has 138 valence electrons. The number of nitrogens with zero attached hydrogens (tertiary/aromatic N) is 2. The van der Waals surface area contributed by atoms with Gasteiger partial charge in [0.25, 0.3) is 0 Å². The number of nitrogens with one attached hydrogen (secondary N) is 2. The first kappa shape index (κ1) is 22.1. The maximum atomic E-state index is 11.0. The van der Waals surface area contributed by atoms with Gasteiger partial charge in [0.15, 0.2) is 5.96 Å². The zero-order valence-corrected chi connectivity index (χ0v) is 16.2. The Morgan fingerprint density at radius 1 is 1.09 bits per heavy atom. The Kier molecular flexibility index (Phi) is 11.2. The summed E-state index contributed by atoms with van der Waals surface area (Å²) < 4.78 is 27.2. The number of hydrogen-bond acceptors (Lipinski definition) is 5. The highest BCUT2D eigenvalue weighted by molar-refractivity contribution is 7.90. The van der Waals surface area contributed by atoms with Gasteiger partial charge in [0.1, 0.15) is 9.84 Å². The molecule has 0 bridgehead atoms. The van der Waals surface area contributed by atoms with E-state index in [9.17, 15) is 8.42 Å². The molecule has 0 aromatic heterocycles. The third-order valence-corrected chi connectivity index (χ3v) is 4.26. The molecule has 0 saturated heterocycles. The number of aliphatic imine (C=N–C) groups is 1. The van der Waals surface area contributed by atoms with Crippen LogP contribution in [0.4, 0.5) is 0 Å². The van der Waals surface area contributed by atoms with Crippen LogP contribution in [0.3, 0.4) is 0 Å². The Bertz CT molecular complexity index is 428. The van der Waals surface area contributed by atoms with Gasteiger partial charge in [-0.3, -0.25) is 9.89 Å². The lowest BCUT2D eigenvalue weighted by Crippen LogP contribution is -2.45. The highest BCUT2D eigenvalue weighted by atomic mass is 32.2. The van der Waals surface area contributed by atoms with Gasteiger partial charge in [-0.05, 0) is 27.7 Å². The molecule has 0 amide bonds. The molecule has 0 radical (unpaired) electrons. The van der Waals surface area contributed by atoms with Crippen LogP contribution < -0.4 is 10.6 Å². The predicted molar refractivity (Wildman–Crippen MR) is 96.9 cm³/mol. The van der Waals surface area contributed by atoms with Crippen LogP contribution in [0.15, 0.2) is 4.99 Å². The monoisotopic (exact) mass is 350 g/mol. The van der Waals surface area contributed by atoms with E-state index in [2.05, 4.69) is 48.2 Å². The van der Waals surface area contributed by atoms with Crippen LogP contribution in [0.1, 0.15) is 27.7 Å². The summed E-state index contributed by atoms with van der Waals surface area (Å²) in [6.07, 6.45) is 1.21. The average Bonchev–Trinajstić information content (AvgIpc) is 2.42. The average molecular weight is 351 g/mol. The van der Waals surface area contributed by atoms with Crippen molar-refractivity contribution in [3.05, 3.63) is 0 Å². The molecule has 0 rings (SSSR count). The lowest BCUT2D eigenvalue weighted by atomic mass is 10.2. The lowest BCUT2D eigenvalue weighted by Gasteiger charge is -2.30. The van der Waals surface area contributed by atoms with Gasteiger partial charge in [0.2, 0.25) is 0 Å². The molecule has 23 heavy (non-hydrogen) atoms. The van der Waals surface area contributed by atoms with E-state index in [-0.39, 0.29) is 12.4 Å². The number of sulfone groups is 1. The topological polar surface area (TPSA) is 83.0 Å². The fourth-order valence-electron chi connectivity index (χ4n) is 2.19. The summed E-state index contributed by atoms with van der Waals surface area (Å²) in [5.41, 5.74) is 0. The largest absolute Gasteiger partial charge is 0.379 e. The highest BCUT2D eigenvalue weighted by Gasteiger charge is 2.12. The zero-order chi connectivity index (χ0) is 17.9. The second-order valence-corrected chi connectivity index (χ2v) is 8.35. The summed E-state index contributed by atoms with van der Waals surface area (Å²) in [5.74, 6) is 0.782. The quantitative estimate of drug-likeness (QED) is 0.317. The molecule has 7 nitrogen and oxygen atoms in total. The van der Waals surface area contributed by atoms with Crippen molar-refractivity contribution >= 4 is 15.8 Å². The van der Waals surface area contributed by atoms with Crippen LogP contribution in [0.2, 0.25) is 0 Å². The Balaban J connectivity index is 3.87. The van der Waals surface area contributed by atoms with Crippen molar-refractivity contribution in [2.45, 2.75) is 39.8 Å². The first-order valence-electron chi connectivity index (χ1n) is 8.13. The Morgan fingerprint density at radius 3 is 2.13 bits per heavy atom. The number of guanidine groups is 1. The SMILES string of the molecule is CN=C(NCCOCCS(C)(=O)=O)NCCN(C(C)C)C(C)C. The maximum Gasteiger partial charge on any atom is 0.191 e. The minimum Gasteiger partial charge on any atom is -0.379 e. The van der Waals surface area contributed by atoms with Crippen molar-refractivity contribution in [2.75, 3.05) is 51.9 Å². The molecule has 0 fully saturated rings. The normalized spacial score (nSPS) is 13.2. The van der Waals surface area contributed by atoms with Crippen LogP contribution >= 0.6 is 0 Å². The molecule has 0 unspecified atom stereocenters. The van der Waals surface area contributed by atoms with Gasteiger partial charge < -0.3 is 15.4 Å². The number of ether oxygens (including phenoxy) is 1. The van der Waals surface area contributed by atoms with Gasteiger partial charge in [-0.15, -0.1) is 0 Å². The van der Waals surface area contributed by atoms with Crippen molar-refractivity contribution in [3.8, 4) is 0 Å². The number of hydrogen-bond donors (Lipinski definition) is 2. The van der Waals surface area contributed by atoms with Crippen LogP contribution in [-0.2, 0) is 14.6 Å². The van der Waals surface area contributed by atoms with Crippen LogP contribution in [0, 0.1) is 0 Å². The first-order valence-corrected chi connectivity index (χ1v) is 10.2. The van der Waals surface area contributed by atoms with E-state index in [0.29, 0.717) is 25.2 Å². The van der Waals surface area contributed by atoms with Gasteiger partial charge in [-0.1, -0.05) is 0 Å². The standard InChI is InChI=1S/C15H34N4O3S/c1-13(2)19(14(3)4)9-7-17-15(16-5)18-8-10-22-11-12-23(6,20)21/h13-14H,7-12H2,1-6H3,(H2,16,17,18). The summed E-state index contributed by atoms with van der Waals surface area (Å²) in [7, 11) is -1.23. The zero-order valence-electron chi connectivity index (χ0n) is 15.4. The molecule has 2 N–H and O–H groups in total.